The maximum atomic E-state index is 12.3. The molecule has 0 aromatic heterocycles. The number of carbonyl (C=O) groups is 2. The summed E-state index contributed by atoms with van der Waals surface area (Å²) in [7, 11) is 0. The number of carboxylic acid groups (broad SMARTS) is 1. The van der Waals surface area contributed by atoms with Crippen molar-refractivity contribution in [3.05, 3.63) is 0 Å². The van der Waals surface area contributed by atoms with E-state index in [1.54, 1.807) is 4.90 Å². The zero-order valence-electron chi connectivity index (χ0n) is 12.6. The molecular weight excluding hydrogens is 244 g/mol. The Balaban J connectivity index is 2.74. The molecule has 1 fully saturated rings. The summed E-state index contributed by atoms with van der Waals surface area (Å²) < 4.78 is 0. The van der Waals surface area contributed by atoms with Gasteiger partial charge in [-0.05, 0) is 31.1 Å². The Kier molecular flexibility index (Phi) is 4.82. The van der Waals surface area contributed by atoms with E-state index >= 15 is 0 Å². The number of likely N-dealkylation sites (tertiary alicyclic amines) is 1. The second-order valence-electron chi connectivity index (χ2n) is 6.77. The van der Waals surface area contributed by atoms with E-state index in [0.29, 0.717) is 12.5 Å². The van der Waals surface area contributed by atoms with Gasteiger partial charge in [-0.25, -0.2) is 9.59 Å². The molecule has 5 nitrogen and oxygen atoms in total. The van der Waals surface area contributed by atoms with Gasteiger partial charge in [-0.15, -0.1) is 0 Å². The van der Waals surface area contributed by atoms with Crippen LogP contribution in [0.4, 0.5) is 4.79 Å². The van der Waals surface area contributed by atoms with Gasteiger partial charge in [-0.3, -0.25) is 0 Å². The van der Waals surface area contributed by atoms with Gasteiger partial charge in [0.05, 0.1) is 0 Å². The molecule has 0 bridgehead atoms. The minimum atomic E-state index is -0.987. The number of hydrogen-bond acceptors (Lipinski definition) is 2. The lowest BCUT2D eigenvalue weighted by atomic mass is 9.87. The number of nitrogens with zero attached hydrogens (tertiary/aromatic N) is 1. The van der Waals surface area contributed by atoms with Crippen molar-refractivity contribution in [1.82, 2.24) is 10.2 Å². The number of carboxylic acids is 1. The fraction of sp³-hybridized carbons (Fsp3) is 0.857. The number of piperidine rings is 1. The normalized spacial score (nSPS) is 25.8. The first kappa shape index (κ1) is 15.8. The van der Waals surface area contributed by atoms with Crippen LogP contribution in [0.1, 0.15) is 47.5 Å². The topological polar surface area (TPSA) is 69.6 Å². The molecule has 0 saturated carbocycles. The van der Waals surface area contributed by atoms with Crippen LogP contribution >= 0.6 is 0 Å². The average Bonchev–Trinajstić information content (AvgIpc) is 2.26. The van der Waals surface area contributed by atoms with Crippen molar-refractivity contribution < 1.29 is 14.7 Å². The van der Waals surface area contributed by atoms with E-state index in [2.05, 4.69) is 12.2 Å². The van der Waals surface area contributed by atoms with Crippen LogP contribution in [0.5, 0.6) is 0 Å². The van der Waals surface area contributed by atoms with E-state index < -0.39 is 17.4 Å². The lowest BCUT2D eigenvalue weighted by Gasteiger charge is -2.38. The van der Waals surface area contributed by atoms with Gasteiger partial charge < -0.3 is 15.3 Å². The minimum absolute atomic E-state index is 0.172. The Morgan fingerprint density at radius 3 is 2.32 bits per heavy atom. The molecule has 1 rings (SSSR count). The Bertz CT molecular complexity index is 349. The Labute approximate surface area is 115 Å². The molecule has 2 amide bonds. The van der Waals surface area contributed by atoms with E-state index in [9.17, 15) is 14.7 Å². The highest BCUT2D eigenvalue weighted by molar-refractivity contribution is 5.83. The monoisotopic (exact) mass is 270 g/mol. The van der Waals surface area contributed by atoms with Crippen LogP contribution in [-0.4, -0.2) is 40.6 Å². The molecule has 0 radical (unpaired) electrons. The van der Waals surface area contributed by atoms with E-state index in [1.807, 2.05) is 27.7 Å². The lowest BCUT2D eigenvalue weighted by Crippen LogP contribution is -2.56. The summed E-state index contributed by atoms with van der Waals surface area (Å²) in [6, 6.07) is -0.962. The number of nitrogens with one attached hydrogen (secondary N) is 1. The van der Waals surface area contributed by atoms with Gasteiger partial charge in [0.25, 0.3) is 0 Å². The fourth-order valence-corrected chi connectivity index (χ4v) is 2.43. The molecular formula is C14H26N2O3. The van der Waals surface area contributed by atoms with Crippen molar-refractivity contribution in [2.75, 3.05) is 6.54 Å². The predicted molar refractivity (Wildman–Crippen MR) is 74.0 cm³/mol. The lowest BCUT2D eigenvalue weighted by molar-refractivity contribution is -0.142. The average molecular weight is 270 g/mol. The molecule has 0 aromatic rings. The van der Waals surface area contributed by atoms with Gasteiger partial charge in [0.1, 0.15) is 6.04 Å². The number of urea groups is 1. The molecule has 2 unspecified atom stereocenters. The van der Waals surface area contributed by atoms with Crippen LogP contribution in [0.3, 0.4) is 0 Å². The first-order chi connectivity index (χ1) is 8.62. The Morgan fingerprint density at radius 2 is 1.84 bits per heavy atom. The summed E-state index contributed by atoms with van der Waals surface area (Å²) in [5.74, 6) is -0.515. The largest absolute Gasteiger partial charge is 0.480 e. The third kappa shape index (κ3) is 4.11. The van der Waals surface area contributed by atoms with E-state index in [1.165, 1.54) is 0 Å². The number of amides is 2. The second-order valence-corrected chi connectivity index (χ2v) is 6.77. The standard InChI is InChI=1S/C14H26N2O3/c1-9-6-7-10(2)16(8-9)13(19)15-11(12(17)18)14(3,4)5/h9-11H,6-8H2,1-5H3,(H,15,19)(H,17,18)/t9?,10?,11-/m0/s1. The van der Waals surface area contributed by atoms with Crippen LogP contribution in [0, 0.1) is 11.3 Å². The zero-order valence-corrected chi connectivity index (χ0v) is 12.6. The molecule has 5 heteroatoms. The summed E-state index contributed by atoms with van der Waals surface area (Å²) in [6.07, 6.45) is 2.09. The van der Waals surface area contributed by atoms with Gasteiger partial charge >= 0.3 is 12.0 Å². The fourth-order valence-electron chi connectivity index (χ4n) is 2.43. The second kappa shape index (κ2) is 5.80. The highest BCUT2D eigenvalue weighted by Crippen LogP contribution is 2.23. The van der Waals surface area contributed by atoms with Crippen molar-refractivity contribution in [2.45, 2.75) is 59.5 Å². The van der Waals surface area contributed by atoms with Crippen LogP contribution in [0.15, 0.2) is 0 Å². The van der Waals surface area contributed by atoms with Crippen molar-refractivity contribution in [3.8, 4) is 0 Å². The number of hydrogen-bond donors (Lipinski definition) is 2. The van der Waals surface area contributed by atoms with Crippen LogP contribution in [0.2, 0.25) is 0 Å². The molecule has 19 heavy (non-hydrogen) atoms. The van der Waals surface area contributed by atoms with Crippen LogP contribution in [0.25, 0.3) is 0 Å². The number of carbonyl (C=O) groups excluding carboxylic acids is 1. The number of rotatable bonds is 2. The van der Waals surface area contributed by atoms with Gasteiger partial charge in [0.15, 0.2) is 0 Å². The van der Waals surface area contributed by atoms with Gasteiger partial charge in [0, 0.05) is 12.6 Å². The van der Waals surface area contributed by atoms with Crippen LogP contribution in [-0.2, 0) is 4.79 Å². The molecule has 2 N–H and O–H groups in total. The van der Waals surface area contributed by atoms with Crippen molar-refractivity contribution in [1.29, 1.82) is 0 Å². The third-order valence-corrected chi connectivity index (χ3v) is 3.76. The van der Waals surface area contributed by atoms with Crippen molar-refractivity contribution >= 4 is 12.0 Å². The third-order valence-electron chi connectivity index (χ3n) is 3.76. The zero-order chi connectivity index (χ0) is 14.8. The first-order valence-electron chi connectivity index (χ1n) is 6.93. The SMILES string of the molecule is CC1CCC(C)N(C(=O)N[C@@H](C(=O)O)C(C)(C)C)C1. The summed E-state index contributed by atoms with van der Waals surface area (Å²) in [6.45, 7) is 10.3. The van der Waals surface area contributed by atoms with Crippen molar-refractivity contribution in [3.63, 3.8) is 0 Å². The molecule has 1 aliphatic heterocycles. The maximum absolute atomic E-state index is 12.3. The summed E-state index contributed by atoms with van der Waals surface area (Å²) >= 11 is 0. The summed E-state index contributed by atoms with van der Waals surface area (Å²) in [4.78, 5) is 25.3. The van der Waals surface area contributed by atoms with Gasteiger partial charge in [-0.2, -0.15) is 0 Å². The van der Waals surface area contributed by atoms with Gasteiger partial charge in [0.2, 0.25) is 0 Å². The van der Waals surface area contributed by atoms with E-state index in [4.69, 9.17) is 0 Å². The van der Waals surface area contributed by atoms with E-state index in [0.717, 1.165) is 12.8 Å². The molecule has 0 aromatic carbocycles. The quantitative estimate of drug-likeness (QED) is 0.809. The Morgan fingerprint density at radius 1 is 1.26 bits per heavy atom. The summed E-state index contributed by atoms with van der Waals surface area (Å²) in [5.41, 5.74) is -0.508. The molecule has 110 valence electrons. The molecule has 0 aliphatic carbocycles. The molecule has 1 saturated heterocycles. The molecule has 0 spiro atoms. The predicted octanol–water partition coefficient (Wildman–Crippen LogP) is 2.32. The highest BCUT2D eigenvalue weighted by Gasteiger charge is 2.35. The first-order valence-corrected chi connectivity index (χ1v) is 6.93. The van der Waals surface area contributed by atoms with Crippen LogP contribution < -0.4 is 5.32 Å². The Hall–Kier alpha value is -1.26. The van der Waals surface area contributed by atoms with Crippen molar-refractivity contribution in [2.24, 2.45) is 11.3 Å². The molecule has 3 atom stereocenters. The minimum Gasteiger partial charge on any atom is -0.480 e. The smallest absolute Gasteiger partial charge is 0.326 e. The number of aliphatic carboxylic acids is 1. The maximum Gasteiger partial charge on any atom is 0.326 e. The molecule has 1 aliphatic rings. The highest BCUT2D eigenvalue weighted by atomic mass is 16.4. The van der Waals surface area contributed by atoms with E-state index in [-0.39, 0.29) is 12.1 Å². The summed E-state index contributed by atoms with van der Waals surface area (Å²) in [5, 5.41) is 11.9. The molecule has 1 heterocycles. The van der Waals surface area contributed by atoms with Gasteiger partial charge in [-0.1, -0.05) is 27.7 Å².